The van der Waals surface area contributed by atoms with E-state index >= 15 is 0 Å². The normalized spacial score (nSPS) is 12.2. The first-order valence-electron chi connectivity index (χ1n) is 5.92. The zero-order valence-electron chi connectivity index (χ0n) is 10.5. The van der Waals surface area contributed by atoms with Gasteiger partial charge in [0.15, 0.2) is 0 Å². The SMILES string of the molecule is CC(C)CC(CNC(=O)NCCCN)C(=O)O. The van der Waals surface area contributed by atoms with E-state index in [1.54, 1.807) is 0 Å². The van der Waals surface area contributed by atoms with Gasteiger partial charge < -0.3 is 21.5 Å². The van der Waals surface area contributed by atoms with Gasteiger partial charge in [0.1, 0.15) is 0 Å². The molecule has 0 bridgehead atoms. The summed E-state index contributed by atoms with van der Waals surface area (Å²) in [5.74, 6) is -1.12. The Hall–Kier alpha value is -1.30. The molecular weight excluding hydrogens is 222 g/mol. The highest BCUT2D eigenvalue weighted by atomic mass is 16.4. The number of urea groups is 1. The van der Waals surface area contributed by atoms with E-state index < -0.39 is 11.9 Å². The topological polar surface area (TPSA) is 104 Å². The maximum atomic E-state index is 11.3. The average Bonchev–Trinajstić information content (AvgIpc) is 2.23. The monoisotopic (exact) mass is 245 g/mol. The smallest absolute Gasteiger partial charge is 0.314 e. The Morgan fingerprint density at radius 1 is 1.29 bits per heavy atom. The number of carbonyl (C=O) groups is 2. The number of carbonyl (C=O) groups excluding carboxylic acids is 1. The molecule has 0 fully saturated rings. The molecule has 5 N–H and O–H groups in total. The van der Waals surface area contributed by atoms with Crippen LogP contribution in [0.3, 0.4) is 0 Å². The first-order chi connectivity index (χ1) is 7.97. The second kappa shape index (κ2) is 8.81. The van der Waals surface area contributed by atoms with Crippen LogP contribution in [-0.4, -0.2) is 36.7 Å². The molecule has 100 valence electrons. The molecule has 1 atom stereocenters. The van der Waals surface area contributed by atoms with E-state index in [1.165, 1.54) is 0 Å². The van der Waals surface area contributed by atoms with Crippen molar-refractivity contribution >= 4 is 12.0 Å². The third-order valence-corrected chi connectivity index (χ3v) is 2.28. The van der Waals surface area contributed by atoms with Crippen molar-refractivity contribution in [3.05, 3.63) is 0 Å². The van der Waals surface area contributed by atoms with Gasteiger partial charge in [-0.1, -0.05) is 13.8 Å². The lowest BCUT2D eigenvalue weighted by Crippen LogP contribution is -2.40. The van der Waals surface area contributed by atoms with Gasteiger partial charge in [0.05, 0.1) is 5.92 Å². The third-order valence-electron chi connectivity index (χ3n) is 2.28. The molecule has 0 spiro atoms. The highest BCUT2D eigenvalue weighted by molar-refractivity contribution is 5.75. The molecule has 0 heterocycles. The molecule has 0 aromatic rings. The van der Waals surface area contributed by atoms with Crippen molar-refractivity contribution in [2.75, 3.05) is 19.6 Å². The van der Waals surface area contributed by atoms with E-state index in [4.69, 9.17) is 10.8 Å². The molecule has 2 amide bonds. The highest BCUT2D eigenvalue weighted by Crippen LogP contribution is 2.10. The molecule has 0 radical (unpaired) electrons. The Morgan fingerprint density at radius 2 is 1.94 bits per heavy atom. The summed E-state index contributed by atoms with van der Waals surface area (Å²) in [6, 6.07) is -0.339. The number of hydrogen-bond donors (Lipinski definition) is 4. The van der Waals surface area contributed by atoms with Crippen LogP contribution in [0, 0.1) is 11.8 Å². The molecule has 0 aliphatic heterocycles. The van der Waals surface area contributed by atoms with Crippen LogP contribution in [0.25, 0.3) is 0 Å². The Bertz CT molecular complexity index is 244. The fourth-order valence-electron chi connectivity index (χ4n) is 1.42. The minimum atomic E-state index is -0.874. The fraction of sp³-hybridized carbons (Fsp3) is 0.818. The number of carboxylic acids is 1. The maximum absolute atomic E-state index is 11.3. The Balaban J connectivity index is 3.87. The van der Waals surface area contributed by atoms with E-state index in [9.17, 15) is 9.59 Å². The number of carboxylic acid groups (broad SMARTS) is 1. The van der Waals surface area contributed by atoms with Gasteiger partial charge in [-0.3, -0.25) is 4.79 Å². The predicted molar refractivity (Wildman–Crippen MR) is 65.7 cm³/mol. The van der Waals surface area contributed by atoms with Crippen LogP contribution in [0.5, 0.6) is 0 Å². The van der Waals surface area contributed by atoms with Crippen molar-refractivity contribution in [2.45, 2.75) is 26.7 Å². The Morgan fingerprint density at radius 3 is 2.41 bits per heavy atom. The second-order valence-electron chi connectivity index (χ2n) is 4.44. The van der Waals surface area contributed by atoms with Crippen molar-refractivity contribution < 1.29 is 14.7 Å². The summed E-state index contributed by atoms with van der Waals surface area (Å²) in [6.45, 7) is 5.09. The lowest BCUT2D eigenvalue weighted by atomic mass is 9.97. The molecule has 0 saturated carbocycles. The summed E-state index contributed by atoms with van der Waals surface area (Å²) >= 11 is 0. The number of hydrogen-bond acceptors (Lipinski definition) is 3. The summed E-state index contributed by atoms with van der Waals surface area (Å²) in [4.78, 5) is 22.2. The summed E-state index contributed by atoms with van der Waals surface area (Å²) in [6.07, 6.45) is 1.26. The summed E-state index contributed by atoms with van der Waals surface area (Å²) in [7, 11) is 0. The van der Waals surface area contributed by atoms with E-state index in [0.717, 1.165) is 0 Å². The van der Waals surface area contributed by atoms with Crippen molar-refractivity contribution in [1.82, 2.24) is 10.6 Å². The van der Waals surface area contributed by atoms with Crippen LogP contribution in [0.4, 0.5) is 4.79 Å². The lowest BCUT2D eigenvalue weighted by Gasteiger charge is -2.15. The third kappa shape index (κ3) is 8.50. The van der Waals surface area contributed by atoms with E-state index in [1.807, 2.05) is 13.8 Å². The van der Waals surface area contributed by atoms with Crippen LogP contribution in [-0.2, 0) is 4.79 Å². The van der Waals surface area contributed by atoms with Crippen LogP contribution < -0.4 is 16.4 Å². The van der Waals surface area contributed by atoms with Crippen molar-refractivity contribution in [3.8, 4) is 0 Å². The minimum absolute atomic E-state index is 0.155. The second-order valence-corrected chi connectivity index (χ2v) is 4.44. The summed E-state index contributed by atoms with van der Waals surface area (Å²) < 4.78 is 0. The summed E-state index contributed by atoms with van der Waals surface area (Å²) in [5, 5.41) is 14.1. The number of nitrogens with one attached hydrogen (secondary N) is 2. The molecular formula is C11H23N3O3. The zero-order valence-corrected chi connectivity index (χ0v) is 10.5. The first kappa shape index (κ1) is 15.7. The van der Waals surface area contributed by atoms with E-state index in [2.05, 4.69) is 10.6 Å². The molecule has 0 saturated heterocycles. The lowest BCUT2D eigenvalue weighted by molar-refractivity contribution is -0.142. The van der Waals surface area contributed by atoms with Crippen LogP contribution in [0.2, 0.25) is 0 Å². The molecule has 0 aromatic heterocycles. The predicted octanol–water partition coefficient (Wildman–Crippen LogP) is 0.381. The fourth-order valence-corrected chi connectivity index (χ4v) is 1.42. The van der Waals surface area contributed by atoms with Crippen LogP contribution in [0.15, 0.2) is 0 Å². The average molecular weight is 245 g/mol. The quantitative estimate of drug-likeness (QED) is 0.464. The van der Waals surface area contributed by atoms with Gasteiger partial charge in [-0.15, -0.1) is 0 Å². The van der Waals surface area contributed by atoms with Gasteiger partial charge in [-0.25, -0.2) is 4.79 Å². The molecule has 6 heteroatoms. The van der Waals surface area contributed by atoms with Gasteiger partial charge >= 0.3 is 12.0 Å². The standard InChI is InChI=1S/C11H23N3O3/c1-8(2)6-9(10(15)16)7-14-11(17)13-5-3-4-12/h8-9H,3-7,12H2,1-2H3,(H,15,16)(H2,13,14,17). The maximum Gasteiger partial charge on any atom is 0.314 e. The largest absolute Gasteiger partial charge is 0.481 e. The number of aliphatic carboxylic acids is 1. The Kier molecular flexibility index (Phi) is 8.13. The molecule has 1 unspecified atom stereocenters. The Labute approximate surface area is 102 Å². The number of rotatable bonds is 8. The van der Waals surface area contributed by atoms with Crippen LogP contribution in [0.1, 0.15) is 26.7 Å². The molecule has 0 aliphatic carbocycles. The van der Waals surface area contributed by atoms with Gasteiger partial charge in [0, 0.05) is 13.1 Å². The molecule has 17 heavy (non-hydrogen) atoms. The summed E-state index contributed by atoms with van der Waals surface area (Å²) in [5.41, 5.74) is 5.28. The van der Waals surface area contributed by atoms with Crippen LogP contribution >= 0.6 is 0 Å². The molecule has 0 rings (SSSR count). The highest BCUT2D eigenvalue weighted by Gasteiger charge is 2.19. The van der Waals surface area contributed by atoms with Gasteiger partial charge in [0.2, 0.25) is 0 Å². The minimum Gasteiger partial charge on any atom is -0.481 e. The van der Waals surface area contributed by atoms with Crippen molar-refractivity contribution in [2.24, 2.45) is 17.6 Å². The first-order valence-corrected chi connectivity index (χ1v) is 5.92. The van der Waals surface area contributed by atoms with E-state index in [0.29, 0.717) is 31.8 Å². The van der Waals surface area contributed by atoms with Gasteiger partial charge in [-0.05, 0) is 25.3 Å². The van der Waals surface area contributed by atoms with Crippen molar-refractivity contribution in [1.29, 1.82) is 0 Å². The van der Waals surface area contributed by atoms with Gasteiger partial charge in [-0.2, -0.15) is 0 Å². The van der Waals surface area contributed by atoms with E-state index in [-0.39, 0.29) is 12.6 Å². The van der Waals surface area contributed by atoms with Gasteiger partial charge in [0.25, 0.3) is 0 Å². The number of nitrogens with two attached hydrogens (primary N) is 1. The number of amides is 2. The molecule has 0 aromatic carbocycles. The molecule has 0 aliphatic rings. The molecule has 6 nitrogen and oxygen atoms in total. The van der Waals surface area contributed by atoms with Crippen molar-refractivity contribution in [3.63, 3.8) is 0 Å². The zero-order chi connectivity index (χ0) is 13.3.